The first-order valence-corrected chi connectivity index (χ1v) is 6.70. The molecule has 4 heteroatoms. The number of fused-ring (bicyclic) bond motifs is 1. The van der Waals surface area contributed by atoms with Gasteiger partial charge in [-0.15, -0.1) is 0 Å². The SMILES string of the molecule is OC1CCC2OC(c3ccc(Br)cc3)=NC2C1. The van der Waals surface area contributed by atoms with Crippen LogP contribution in [0.3, 0.4) is 0 Å². The molecule has 1 aromatic carbocycles. The van der Waals surface area contributed by atoms with Gasteiger partial charge >= 0.3 is 0 Å². The summed E-state index contributed by atoms with van der Waals surface area (Å²) in [6.45, 7) is 0. The molecule has 0 bridgehead atoms. The van der Waals surface area contributed by atoms with Crippen LogP contribution in [0.25, 0.3) is 0 Å². The monoisotopic (exact) mass is 295 g/mol. The van der Waals surface area contributed by atoms with E-state index in [0.717, 1.165) is 35.2 Å². The topological polar surface area (TPSA) is 41.8 Å². The van der Waals surface area contributed by atoms with Crippen molar-refractivity contribution < 1.29 is 9.84 Å². The third-order valence-corrected chi connectivity index (χ3v) is 3.89. The summed E-state index contributed by atoms with van der Waals surface area (Å²) >= 11 is 3.41. The molecule has 1 aliphatic carbocycles. The first-order chi connectivity index (χ1) is 8.22. The van der Waals surface area contributed by atoms with Crippen LogP contribution in [0.15, 0.2) is 33.7 Å². The fourth-order valence-electron chi connectivity index (χ4n) is 2.43. The van der Waals surface area contributed by atoms with Gasteiger partial charge in [0.2, 0.25) is 5.90 Å². The molecule has 1 saturated carbocycles. The van der Waals surface area contributed by atoms with Gasteiger partial charge in [0.1, 0.15) is 6.10 Å². The summed E-state index contributed by atoms with van der Waals surface area (Å²) in [7, 11) is 0. The lowest BCUT2D eigenvalue weighted by atomic mass is 9.91. The summed E-state index contributed by atoms with van der Waals surface area (Å²) in [4.78, 5) is 4.58. The van der Waals surface area contributed by atoms with E-state index in [1.165, 1.54) is 0 Å². The van der Waals surface area contributed by atoms with Crippen LogP contribution >= 0.6 is 15.9 Å². The lowest BCUT2D eigenvalue weighted by Gasteiger charge is -2.25. The summed E-state index contributed by atoms with van der Waals surface area (Å²) in [5.41, 5.74) is 1.01. The van der Waals surface area contributed by atoms with E-state index >= 15 is 0 Å². The smallest absolute Gasteiger partial charge is 0.216 e. The van der Waals surface area contributed by atoms with Crippen molar-refractivity contribution in [3.63, 3.8) is 0 Å². The number of hydrogen-bond acceptors (Lipinski definition) is 3. The number of aliphatic imine (C=N–C) groups is 1. The minimum Gasteiger partial charge on any atom is -0.472 e. The Bertz CT molecular complexity index is 443. The molecule has 2 aliphatic rings. The van der Waals surface area contributed by atoms with Gasteiger partial charge in [0.05, 0.1) is 12.1 Å². The predicted molar refractivity (Wildman–Crippen MR) is 69.2 cm³/mol. The number of ether oxygens (including phenoxy) is 1. The van der Waals surface area contributed by atoms with Crippen LogP contribution in [0.5, 0.6) is 0 Å². The Morgan fingerprint density at radius 2 is 2.00 bits per heavy atom. The molecule has 3 nitrogen and oxygen atoms in total. The molecule has 3 rings (SSSR count). The van der Waals surface area contributed by atoms with Crippen molar-refractivity contribution in [3.8, 4) is 0 Å². The Kier molecular flexibility index (Phi) is 2.92. The highest BCUT2D eigenvalue weighted by Gasteiger charge is 2.36. The number of hydrogen-bond donors (Lipinski definition) is 1. The average Bonchev–Trinajstić information content (AvgIpc) is 2.72. The van der Waals surface area contributed by atoms with Gasteiger partial charge in [-0.1, -0.05) is 15.9 Å². The fourth-order valence-corrected chi connectivity index (χ4v) is 2.69. The Morgan fingerprint density at radius 3 is 2.76 bits per heavy atom. The summed E-state index contributed by atoms with van der Waals surface area (Å²) in [5.74, 6) is 0.724. The zero-order chi connectivity index (χ0) is 11.8. The minimum atomic E-state index is -0.215. The van der Waals surface area contributed by atoms with Crippen molar-refractivity contribution in [1.29, 1.82) is 0 Å². The Hall–Kier alpha value is -0.870. The maximum absolute atomic E-state index is 9.62. The summed E-state index contributed by atoms with van der Waals surface area (Å²) in [6.07, 6.45) is 2.40. The molecule has 1 aromatic rings. The largest absolute Gasteiger partial charge is 0.472 e. The van der Waals surface area contributed by atoms with Crippen molar-refractivity contribution in [1.82, 2.24) is 0 Å². The molecule has 3 unspecified atom stereocenters. The minimum absolute atomic E-state index is 0.136. The van der Waals surface area contributed by atoms with E-state index in [1.807, 2.05) is 24.3 Å². The number of benzene rings is 1. The van der Waals surface area contributed by atoms with E-state index in [2.05, 4.69) is 20.9 Å². The van der Waals surface area contributed by atoms with Crippen molar-refractivity contribution >= 4 is 21.8 Å². The molecule has 0 spiro atoms. The molecular formula is C13H14BrNO2. The van der Waals surface area contributed by atoms with Crippen molar-refractivity contribution in [3.05, 3.63) is 34.3 Å². The van der Waals surface area contributed by atoms with Gasteiger partial charge in [0.15, 0.2) is 0 Å². The van der Waals surface area contributed by atoms with Gasteiger partial charge in [0.25, 0.3) is 0 Å². The third kappa shape index (κ3) is 2.24. The van der Waals surface area contributed by atoms with E-state index < -0.39 is 0 Å². The molecule has 1 aliphatic heterocycles. The van der Waals surface area contributed by atoms with E-state index in [9.17, 15) is 5.11 Å². The summed E-state index contributed by atoms with van der Waals surface area (Å²) in [6, 6.07) is 8.10. The van der Waals surface area contributed by atoms with Crippen molar-refractivity contribution in [2.24, 2.45) is 4.99 Å². The van der Waals surface area contributed by atoms with Crippen LogP contribution in [0.1, 0.15) is 24.8 Å². The maximum Gasteiger partial charge on any atom is 0.216 e. The van der Waals surface area contributed by atoms with Crippen LogP contribution in [-0.2, 0) is 4.74 Å². The quantitative estimate of drug-likeness (QED) is 0.865. The lowest BCUT2D eigenvalue weighted by Crippen LogP contribution is -2.33. The highest BCUT2D eigenvalue weighted by atomic mass is 79.9. The Balaban J connectivity index is 1.81. The zero-order valence-corrected chi connectivity index (χ0v) is 10.9. The molecule has 0 saturated heterocycles. The van der Waals surface area contributed by atoms with Crippen LogP contribution in [0, 0.1) is 0 Å². The van der Waals surface area contributed by atoms with E-state index in [-0.39, 0.29) is 18.2 Å². The number of halogens is 1. The Labute approximate surface area is 109 Å². The predicted octanol–water partition coefficient (Wildman–Crippen LogP) is 2.51. The highest BCUT2D eigenvalue weighted by Crippen LogP contribution is 2.30. The third-order valence-electron chi connectivity index (χ3n) is 3.36. The molecule has 0 aromatic heterocycles. The van der Waals surface area contributed by atoms with Crippen molar-refractivity contribution in [2.75, 3.05) is 0 Å². The maximum atomic E-state index is 9.62. The standard InChI is InChI=1S/C13H14BrNO2/c14-9-3-1-8(2-4-9)13-15-11-7-10(16)5-6-12(11)17-13/h1-4,10-12,16H,5-7H2. The molecule has 17 heavy (non-hydrogen) atoms. The molecule has 0 amide bonds. The Morgan fingerprint density at radius 1 is 1.24 bits per heavy atom. The van der Waals surface area contributed by atoms with Gasteiger partial charge in [-0.2, -0.15) is 0 Å². The second kappa shape index (κ2) is 4.42. The average molecular weight is 296 g/mol. The number of aliphatic hydroxyl groups excluding tert-OH is 1. The summed E-state index contributed by atoms with van der Waals surface area (Å²) < 4.78 is 6.91. The van der Waals surface area contributed by atoms with Gasteiger partial charge in [-0.05, 0) is 43.5 Å². The molecule has 0 radical (unpaired) electrons. The van der Waals surface area contributed by atoms with Crippen LogP contribution in [-0.4, -0.2) is 29.3 Å². The first-order valence-electron chi connectivity index (χ1n) is 5.91. The van der Waals surface area contributed by atoms with E-state index in [1.54, 1.807) is 0 Å². The van der Waals surface area contributed by atoms with Crippen LogP contribution in [0.4, 0.5) is 0 Å². The highest BCUT2D eigenvalue weighted by molar-refractivity contribution is 9.10. The van der Waals surface area contributed by atoms with Gasteiger partial charge in [-0.25, -0.2) is 4.99 Å². The molecule has 1 heterocycles. The van der Waals surface area contributed by atoms with Crippen LogP contribution < -0.4 is 0 Å². The molecule has 1 N–H and O–H groups in total. The molecule has 3 atom stereocenters. The molecular weight excluding hydrogens is 282 g/mol. The normalized spacial score (nSPS) is 31.6. The van der Waals surface area contributed by atoms with Crippen LogP contribution in [0.2, 0.25) is 0 Å². The van der Waals surface area contributed by atoms with E-state index in [4.69, 9.17) is 4.74 Å². The second-order valence-corrected chi connectivity index (χ2v) is 5.55. The first kappa shape index (κ1) is 11.2. The van der Waals surface area contributed by atoms with Gasteiger partial charge in [0, 0.05) is 10.0 Å². The second-order valence-electron chi connectivity index (χ2n) is 4.63. The molecule has 90 valence electrons. The van der Waals surface area contributed by atoms with Gasteiger partial charge in [-0.3, -0.25) is 0 Å². The lowest BCUT2D eigenvalue weighted by molar-refractivity contribution is 0.0625. The number of aliphatic hydroxyl groups is 1. The number of nitrogens with zero attached hydrogens (tertiary/aromatic N) is 1. The fraction of sp³-hybridized carbons (Fsp3) is 0.462. The molecule has 1 fully saturated rings. The van der Waals surface area contributed by atoms with Gasteiger partial charge < -0.3 is 9.84 Å². The van der Waals surface area contributed by atoms with Crippen molar-refractivity contribution in [2.45, 2.75) is 37.5 Å². The number of rotatable bonds is 1. The summed E-state index contributed by atoms with van der Waals surface area (Å²) in [5, 5.41) is 9.62. The van der Waals surface area contributed by atoms with E-state index in [0.29, 0.717) is 0 Å². The zero-order valence-electron chi connectivity index (χ0n) is 9.34.